The van der Waals surface area contributed by atoms with E-state index in [2.05, 4.69) is 10.3 Å². The molecule has 0 aliphatic heterocycles. The minimum atomic E-state index is -4.46. The molecule has 0 saturated carbocycles. The molecule has 0 fully saturated rings. The van der Waals surface area contributed by atoms with Crippen LogP contribution in [0.4, 0.5) is 13.2 Å². The van der Waals surface area contributed by atoms with Crippen molar-refractivity contribution in [1.82, 2.24) is 10.3 Å². The Morgan fingerprint density at radius 3 is 2.55 bits per heavy atom. The van der Waals surface area contributed by atoms with Crippen LogP contribution in [0.3, 0.4) is 0 Å². The van der Waals surface area contributed by atoms with Crippen molar-refractivity contribution in [1.29, 1.82) is 0 Å². The zero-order valence-electron chi connectivity index (χ0n) is 11.6. The Labute approximate surface area is 123 Å². The van der Waals surface area contributed by atoms with Crippen molar-refractivity contribution >= 4 is 22.7 Å². The topological polar surface area (TPSA) is 88.0 Å². The minimum absolute atomic E-state index is 0.0639. The molecule has 2 amide bonds. The Hall–Kier alpha value is -2.51. The van der Waals surface area contributed by atoms with Gasteiger partial charge in [-0.2, -0.15) is 13.2 Å². The average molecular weight is 313 g/mol. The molecule has 1 aromatic carbocycles. The summed E-state index contributed by atoms with van der Waals surface area (Å²) in [7, 11) is 0. The molecule has 0 spiro atoms. The van der Waals surface area contributed by atoms with Gasteiger partial charge in [0, 0.05) is 10.9 Å². The summed E-state index contributed by atoms with van der Waals surface area (Å²) in [5, 5.41) is 2.88. The monoisotopic (exact) mass is 313 g/mol. The quantitative estimate of drug-likeness (QED) is 0.808. The highest BCUT2D eigenvalue weighted by Crippen LogP contribution is 2.31. The van der Waals surface area contributed by atoms with Crippen molar-refractivity contribution in [2.24, 2.45) is 5.73 Å². The molecule has 0 bridgehead atoms. The highest BCUT2D eigenvalue weighted by atomic mass is 19.4. The van der Waals surface area contributed by atoms with E-state index in [9.17, 15) is 22.8 Å². The number of aromatic amines is 1. The molecule has 8 heteroatoms. The van der Waals surface area contributed by atoms with Gasteiger partial charge < -0.3 is 16.0 Å². The smallest absolute Gasteiger partial charge is 0.368 e. The van der Waals surface area contributed by atoms with E-state index in [1.165, 1.54) is 12.1 Å². The Morgan fingerprint density at radius 2 is 2.00 bits per heavy atom. The number of alkyl halides is 3. The Bertz CT molecular complexity index is 722. The molecule has 0 saturated heterocycles. The summed E-state index contributed by atoms with van der Waals surface area (Å²) in [6.45, 7) is 1.68. The summed E-state index contributed by atoms with van der Waals surface area (Å²) in [6.07, 6.45) is -4.14. The number of amides is 2. The average Bonchev–Trinajstić information content (AvgIpc) is 2.86. The van der Waals surface area contributed by atoms with Crippen molar-refractivity contribution in [2.45, 2.75) is 25.6 Å². The van der Waals surface area contributed by atoms with E-state index in [-0.39, 0.29) is 11.2 Å². The molecule has 2 rings (SSSR count). The largest absolute Gasteiger partial charge is 0.416 e. The lowest BCUT2D eigenvalue weighted by Crippen LogP contribution is -2.44. The number of halogens is 3. The van der Waals surface area contributed by atoms with Crippen molar-refractivity contribution in [3.63, 3.8) is 0 Å². The number of H-pyrrole nitrogens is 1. The molecule has 0 unspecified atom stereocenters. The minimum Gasteiger partial charge on any atom is -0.368 e. The van der Waals surface area contributed by atoms with Crippen LogP contribution in [0.15, 0.2) is 24.3 Å². The Balaban J connectivity index is 2.29. The van der Waals surface area contributed by atoms with Gasteiger partial charge in [0.25, 0.3) is 5.91 Å². The maximum Gasteiger partial charge on any atom is 0.416 e. The summed E-state index contributed by atoms with van der Waals surface area (Å²) in [5.41, 5.74) is 4.57. The van der Waals surface area contributed by atoms with E-state index in [1.54, 1.807) is 6.92 Å². The van der Waals surface area contributed by atoms with Gasteiger partial charge in [-0.1, -0.05) is 13.0 Å². The van der Waals surface area contributed by atoms with E-state index in [1.807, 2.05) is 0 Å². The number of nitrogens with two attached hydrogens (primary N) is 1. The maximum atomic E-state index is 12.6. The number of primary amides is 1. The lowest BCUT2D eigenvalue weighted by molar-refractivity contribution is -0.137. The second kappa shape index (κ2) is 5.70. The molecule has 1 aromatic heterocycles. The summed E-state index contributed by atoms with van der Waals surface area (Å²) in [5.74, 6) is -1.28. The van der Waals surface area contributed by atoms with Crippen molar-refractivity contribution < 1.29 is 22.8 Å². The van der Waals surface area contributed by atoms with Crippen molar-refractivity contribution in [3.05, 3.63) is 35.5 Å². The van der Waals surface area contributed by atoms with Crippen LogP contribution in [0.25, 0.3) is 10.9 Å². The van der Waals surface area contributed by atoms with Gasteiger partial charge in [-0.3, -0.25) is 9.59 Å². The second-order valence-electron chi connectivity index (χ2n) is 4.82. The Morgan fingerprint density at radius 1 is 1.32 bits per heavy atom. The van der Waals surface area contributed by atoms with Crippen molar-refractivity contribution in [3.8, 4) is 0 Å². The first-order valence-corrected chi connectivity index (χ1v) is 6.52. The molecule has 2 aromatic rings. The number of carbonyl (C=O) groups excluding carboxylic acids is 2. The predicted molar refractivity (Wildman–Crippen MR) is 74.0 cm³/mol. The molecule has 5 nitrogen and oxygen atoms in total. The lowest BCUT2D eigenvalue weighted by Gasteiger charge is -2.12. The van der Waals surface area contributed by atoms with E-state index in [4.69, 9.17) is 5.73 Å². The summed E-state index contributed by atoms with van der Waals surface area (Å²) in [4.78, 5) is 25.7. The third kappa shape index (κ3) is 3.21. The summed E-state index contributed by atoms with van der Waals surface area (Å²) >= 11 is 0. The van der Waals surface area contributed by atoms with E-state index in [0.29, 0.717) is 11.8 Å². The predicted octanol–water partition coefficient (Wildman–Crippen LogP) is 2.18. The lowest BCUT2D eigenvalue weighted by atomic mass is 10.1. The van der Waals surface area contributed by atoms with E-state index >= 15 is 0 Å². The number of nitrogens with one attached hydrogen (secondary N) is 2. The van der Waals surface area contributed by atoms with E-state index < -0.39 is 29.6 Å². The fourth-order valence-electron chi connectivity index (χ4n) is 2.04. The number of hydrogen-bond donors (Lipinski definition) is 3. The van der Waals surface area contributed by atoms with Gasteiger partial charge in [0.15, 0.2) is 0 Å². The first-order chi connectivity index (χ1) is 10.2. The second-order valence-corrected chi connectivity index (χ2v) is 4.82. The van der Waals surface area contributed by atoms with Gasteiger partial charge in [-0.25, -0.2) is 0 Å². The molecular weight excluding hydrogens is 299 g/mol. The molecule has 0 radical (unpaired) electrons. The van der Waals surface area contributed by atoms with Gasteiger partial charge in [-0.05, 0) is 24.6 Å². The zero-order valence-corrected chi connectivity index (χ0v) is 11.6. The number of carbonyl (C=O) groups is 2. The highest BCUT2D eigenvalue weighted by molar-refractivity contribution is 6.00. The molecule has 0 aliphatic carbocycles. The van der Waals surface area contributed by atoms with Crippen LogP contribution in [0.2, 0.25) is 0 Å². The first kappa shape index (κ1) is 15.9. The molecule has 1 heterocycles. The van der Waals surface area contributed by atoms with Crippen LogP contribution in [0, 0.1) is 0 Å². The summed E-state index contributed by atoms with van der Waals surface area (Å²) in [6, 6.07) is 3.73. The number of benzene rings is 1. The van der Waals surface area contributed by atoms with Gasteiger partial charge in [0.1, 0.15) is 11.7 Å². The fraction of sp³-hybridized carbons (Fsp3) is 0.286. The third-order valence-electron chi connectivity index (χ3n) is 3.25. The standard InChI is InChI=1S/C14H14F3N3O2/c1-2-9(12(18)21)20-13(22)11-5-7-3-4-8(14(15,16)17)6-10(7)19-11/h3-6,9,19H,2H2,1H3,(H2,18,21)(H,20,22)/t9-/m1/s1. The normalized spacial score (nSPS) is 13.1. The molecule has 118 valence electrons. The van der Waals surface area contributed by atoms with Gasteiger partial charge in [0.05, 0.1) is 5.56 Å². The van der Waals surface area contributed by atoms with E-state index in [0.717, 1.165) is 12.1 Å². The Kier molecular flexibility index (Phi) is 4.11. The first-order valence-electron chi connectivity index (χ1n) is 6.52. The number of hydrogen-bond acceptors (Lipinski definition) is 2. The van der Waals surface area contributed by atoms with Gasteiger partial charge in [0.2, 0.25) is 5.91 Å². The highest BCUT2D eigenvalue weighted by Gasteiger charge is 2.30. The number of aromatic nitrogens is 1. The van der Waals surface area contributed by atoms with Crippen molar-refractivity contribution in [2.75, 3.05) is 0 Å². The molecule has 1 atom stereocenters. The molecule has 4 N–H and O–H groups in total. The zero-order chi connectivity index (χ0) is 16.5. The van der Waals surface area contributed by atoms with Crippen LogP contribution in [0.1, 0.15) is 29.4 Å². The summed E-state index contributed by atoms with van der Waals surface area (Å²) < 4.78 is 37.9. The third-order valence-corrected chi connectivity index (χ3v) is 3.25. The van der Waals surface area contributed by atoms with Crippen LogP contribution in [-0.4, -0.2) is 22.8 Å². The van der Waals surface area contributed by atoms with Crippen LogP contribution >= 0.6 is 0 Å². The SMILES string of the molecule is CC[C@@H](NC(=O)c1cc2ccc(C(F)(F)F)cc2[nH]1)C(N)=O. The number of fused-ring (bicyclic) bond motifs is 1. The van der Waals surface area contributed by atoms with Gasteiger partial charge in [-0.15, -0.1) is 0 Å². The molecular formula is C14H14F3N3O2. The molecule has 22 heavy (non-hydrogen) atoms. The maximum absolute atomic E-state index is 12.6. The fourth-order valence-corrected chi connectivity index (χ4v) is 2.04. The molecule has 0 aliphatic rings. The van der Waals surface area contributed by atoms with Crippen LogP contribution < -0.4 is 11.1 Å². The van der Waals surface area contributed by atoms with Crippen LogP contribution in [0.5, 0.6) is 0 Å². The van der Waals surface area contributed by atoms with Gasteiger partial charge >= 0.3 is 6.18 Å². The van der Waals surface area contributed by atoms with Crippen LogP contribution in [-0.2, 0) is 11.0 Å². The number of rotatable bonds is 4.